The van der Waals surface area contributed by atoms with Crippen LogP contribution in [0.4, 0.5) is 0 Å². The van der Waals surface area contributed by atoms with E-state index in [1.807, 2.05) is 0 Å². The summed E-state index contributed by atoms with van der Waals surface area (Å²) in [6.07, 6.45) is -4.42. The van der Waals surface area contributed by atoms with Crippen LogP contribution in [0.1, 0.15) is 26.2 Å². The molecule has 0 spiro atoms. The van der Waals surface area contributed by atoms with Crippen LogP contribution >= 0.6 is 0 Å². The fourth-order valence-electron chi connectivity index (χ4n) is 2.36. The molecular weight excluding hydrogens is 320 g/mol. The maximum absolute atomic E-state index is 11.1. The standard InChI is InChI=1S/C14H28N4O6/c1-2-5-17-6-3-4-8(15)7-18(16)13-11(21)9(19)10(20)12(24-13)14(22)23/h7,9-13,17,19-21H,2-6,15-16H2,1H3,(H,22,23)/b8-7-. The number of hydrogen-bond donors (Lipinski definition) is 7. The van der Waals surface area contributed by atoms with E-state index in [0.717, 1.165) is 30.9 Å². The number of allylic oxidation sites excluding steroid dienone is 1. The second kappa shape index (κ2) is 9.77. The molecule has 10 heteroatoms. The lowest BCUT2D eigenvalue weighted by Gasteiger charge is -2.41. The number of ether oxygens (including phenoxy) is 1. The third kappa shape index (κ3) is 5.58. The summed E-state index contributed by atoms with van der Waals surface area (Å²) in [6.45, 7) is 3.78. The van der Waals surface area contributed by atoms with Crippen LogP contribution in [0, 0.1) is 0 Å². The summed E-state index contributed by atoms with van der Waals surface area (Å²) in [5, 5.41) is 42.4. The number of nitrogens with zero attached hydrogens (tertiary/aromatic N) is 1. The van der Waals surface area contributed by atoms with Gasteiger partial charge in [0.1, 0.15) is 18.3 Å². The van der Waals surface area contributed by atoms with Crippen molar-refractivity contribution in [1.29, 1.82) is 0 Å². The summed E-state index contributed by atoms with van der Waals surface area (Å²) in [4.78, 5) is 11.1. The van der Waals surface area contributed by atoms with E-state index in [9.17, 15) is 20.1 Å². The van der Waals surface area contributed by atoms with E-state index >= 15 is 0 Å². The van der Waals surface area contributed by atoms with Crippen LogP contribution < -0.4 is 16.9 Å². The zero-order valence-electron chi connectivity index (χ0n) is 13.7. The summed E-state index contributed by atoms with van der Waals surface area (Å²) < 4.78 is 5.09. The molecular formula is C14H28N4O6. The predicted octanol–water partition coefficient (Wildman–Crippen LogP) is -2.37. The molecule has 1 rings (SSSR count). The molecule has 1 saturated heterocycles. The Morgan fingerprint density at radius 1 is 1.25 bits per heavy atom. The number of aliphatic hydroxyl groups is 3. The first kappa shape index (κ1) is 20.6. The molecule has 24 heavy (non-hydrogen) atoms. The van der Waals surface area contributed by atoms with Crippen molar-refractivity contribution in [2.45, 2.75) is 56.8 Å². The molecule has 5 unspecified atom stereocenters. The lowest BCUT2D eigenvalue weighted by atomic mass is 9.98. The number of carboxylic acid groups (broad SMARTS) is 1. The van der Waals surface area contributed by atoms with Crippen molar-refractivity contribution < 1.29 is 30.0 Å². The number of carboxylic acids is 1. The van der Waals surface area contributed by atoms with Gasteiger partial charge in [0.2, 0.25) is 0 Å². The summed E-state index contributed by atoms with van der Waals surface area (Å²) in [7, 11) is 0. The highest BCUT2D eigenvalue weighted by molar-refractivity contribution is 5.73. The van der Waals surface area contributed by atoms with Crippen LogP contribution in [0.5, 0.6) is 0 Å². The smallest absolute Gasteiger partial charge is 0.335 e. The van der Waals surface area contributed by atoms with E-state index in [1.165, 1.54) is 6.20 Å². The van der Waals surface area contributed by atoms with Gasteiger partial charge in [0.15, 0.2) is 12.3 Å². The first-order valence-corrected chi connectivity index (χ1v) is 7.92. The number of rotatable bonds is 9. The number of aliphatic carboxylic acids is 1. The van der Waals surface area contributed by atoms with Gasteiger partial charge in [-0.2, -0.15) is 0 Å². The van der Waals surface area contributed by atoms with Crippen molar-refractivity contribution in [3.8, 4) is 0 Å². The number of carbonyl (C=O) groups is 1. The fourth-order valence-corrected chi connectivity index (χ4v) is 2.36. The van der Waals surface area contributed by atoms with Crippen molar-refractivity contribution in [2.24, 2.45) is 11.6 Å². The average molecular weight is 348 g/mol. The van der Waals surface area contributed by atoms with E-state index < -0.39 is 36.6 Å². The zero-order valence-corrected chi connectivity index (χ0v) is 13.7. The Morgan fingerprint density at radius 2 is 1.92 bits per heavy atom. The van der Waals surface area contributed by atoms with Crippen molar-refractivity contribution in [2.75, 3.05) is 13.1 Å². The first-order chi connectivity index (χ1) is 11.3. The molecule has 0 radical (unpaired) electrons. The van der Waals surface area contributed by atoms with Gasteiger partial charge in [-0.05, 0) is 32.4 Å². The highest BCUT2D eigenvalue weighted by Crippen LogP contribution is 2.23. The molecule has 1 aliphatic heterocycles. The summed E-state index contributed by atoms with van der Waals surface area (Å²) >= 11 is 0. The Balaban J connectivity index is 2.62. The molecule has 0 bridgehead atoms. The number of nitrogens with two attached hydrogens (primary N) is 2. The molecule has 0 aromatic heterocycles. The molecule has 5 atom stereocenters. The Hall–Kier alpha value is -1.43. The van der Waals surface area contributed by atoms with Crippen LogP contribution in [0.15, 0.2) is 11.9 Å². The van der Waals surface area contributed by atoms with Crippen molar-refractivity contribution in [3.05, 3.63) is 11.9 Å². The SMILES string of the molecule is CCCNCCC/C(N)=C/N(N)C1OC(C(=O)O)C(O)C(O)C1O. The molecule has 0 amide bonds. The molecule has 0 saturated carbocycles. The van der Waals surface area contributed by atoms with E-state index in [1.54, 1.807) is 0 Å². The minimum absolute atomic E-state index is 0.416. The van der Waals surface area contributed by atoms with Gasteiger partial charge >= 0.3 is 5.97 Å². The van der Waals surface area contributed by atoms with E-state index in [2.05, 4.69) is 12.2 Å². The second-order valence-corrected chi connectivity index (χ2v) is 5.76. The van der Waals surface area contributed by atoms with Gasteiger partial charge in [0.25, 0.3) is 0 Å². The van der Waals surface area contributed by atoms with Crippen LogP contribution in [-0.2, 0) is 9.53 Å². The largest absolute Gasteiger partial charge is 0.479 e. The molecule has 0 aliphatic carbocycles. The normalized spacial score (nSPS) is 31.0. The van der Waals surface area contributed by atoms with Crippen molar-refractivity contribution in [3.63, 3.8) is 0 Å². The zero-order chi connectivity index (χ0) is 18.3. The van der Waals surface area contributed by atoms with Gasteiger partial charge < -0.3 is 36.2 Å². The predicted molar refractivity (Wildman–Crippen MR) is 85.0 cm³/mol. The number of hydrogen-bond acceptors (Lipinski definition) is 9. The Labute approximate surface area is 140 Å². The summed E-state index contributed by atoms with van der Waals surface area (Å²) in [6, 6.07) is 0. The van der Waals surface area contributed by atoms with Gasteiger partial charge in [-0.1, -0.05) is 6.92 Å². The summed E-state index contributed by atoms with van der Waals surface area (Å²) in [5.41, 5.74) is 6.26. The molecule has 1 aliphatic rings. The molecule has 0 aromatic rings. The maximum Gasteiger partial charge on any atom is 0.335 e. The first-order valence-electron chi connectivity index (χ1n) is 7.92. The monoisotopic (exact) mass is 348 g/mol. The van der Waals surface area contributed by atoms with Gasteiger partial charge in [-0.15, -0.1) is 0 Å². The molecule has 140 valence electrons. The van der Waals surface area contributed by atoms with Gasteiger partial charge in [0.05, 0.1) is 0 Å². The highest BCUT2D eigenvalue weighted by atomic mass is 16.6. The van der Waals surface area contributed by atoms with Crippen LogP contribution in [-0.4, -0.2) is 75.1 Å². The third-order valence-corrected chi connectivity index (χ3v) is 3.69. The van der Waals surface area contributed by atoms with Crippen LogP contribution in [0.3, 0.4) is 0 Å². The van der Waals surface area contributed by atoms with E-state index in [-0.39, 0.29) is 0 Å². The van der Waals surface area contributed by atoms with Gasteiger partial charge in [-0.3, -0.25) is 5.01 Å². The molecule has 1 fully saturated rings. The van der Waals surface area contributed by atoms with Crippen LogP contribution in [0.25, 0.3) is 0 Å². The fraction of sp³-hybridized carbons (Fsp3) is 0.786. The van der Waals surface area contributed by atoms with Crippen molar-refractivity contribution in [1.82, 2.24) is 10.3 Å². The average Bonchev–Trinajstić information content (AvgIpc) is 2.52. The van der Waals surface area contributed by atoms with Crippen molar-refractivity contribution >= 4 is 5.97 Å². The number of nitrogens with one attached hydrogen (secondary N) is 1. The molecule has 0 aromatic carbocycles. The third-order valence-electron chi connectivity index (χ3n) is 3.69. The van der Waals surface area contributed by atoms with Gasteiger partial charge in [-0.25, -0.2) is 10.6 Å². The molecule has 1 heterocycles. The maximum atomic E-state index is 11.1. The minimum Gasteiger partial charge on any atom is -0.479 e. The second-order valence-electron chi connectivity index (χ2n) is 5.76. The highest BCUT2D eigenvalue weighted by Gasteiger charge is 2.48. The molecule has 9 N–H and O–H groups in total. The Bertz CT molecular complexity index is 435. The quantitative estimate of drug-likeness (QED) is 0.135. The lowest BCUT2D eigenvalue weighted by molar-refractivity contribution is -0.254. The van der Waals surface area contributed by atoms with E-state index in [4.69, 9.17) is 21.4 Å². The number of aliphatic hydroxyl groups excluding tert-OH is 3. The van der Waals surface area contributed by atoms with Gasteiger partial charge in [0, 0.05) is 11.9 Å². The Morgan fingerprint density at radius 3 is 2.50 bits per heavy atom. The van der Waals surface area contributed by atoms with E-state index in [0.29, 0.717) is 12.1 Å². The molecule has 10 nitrogen and oxygen atoms in total. The minimum atomic E-state index is -1.76. The van der Waals surface area contributed by atoms with Crippen LogP contribution in [0.2, 0.25) is 0 Å². The number of hydrazine groups is 1. The topological polar surface area (TPSA) is 175 Å². The summed E-state index contributed by atoms with van der Waals surface area (Å²) in [5.74, 6) is 4.29. The Kier molecular flexibility index (Phi) is 8.39. The lowest BCUT2D eigenvalue weighted by Crippen LogP contribution is -2.64.